The SMILES string of the molecule is O=C(O)CNC(=O)CNN1C(=O)C(=Cc2cc(-c3cc(C(F)(F)F)cc(C(F)(F)F)c3)ccc2OCCN2CCOCC2)SC1=S. The molecule has 2 aliphatic rings. The Kier molecular flexibility index (Phi) is 11.3. The third kappa shape index (κ3) is 9.41. The van der Waals surface area contributed by atoms with E-state index in [2.05, 4.69) is 15.6 Å². The van der Waals surface area contributed by atoms with Crippen molar-refractivity contribution in [1.82, 2.24) is 20.7 Å². The molecular formula is C28H26F6N4O6S2. The number of aliphatic carboxylic acids is 1. The normalized spacial score (nSPS) is 17.1. The zero-order chi connectivity index (χ0) is 33.6. The minimum atomic E-state index is -5.05. The lowest BCUT2D eigenvalue weighted by atomic mass is 9.97. The predicted octanol–water partition coefficient (Wildman–Crippen LogP) is 4.01. The highest BCUT2D eigenvalue weighted by Gasteiger charge is 2.37. The van der Waals surface area contributed by atoms with Gasteiger partial charge >= 0.3 is 18.3 Å². The van der Waals surface area contributed by atoms with E-state index in [4.69, 9.17) is 26.8 Å². The van der Waals surface area contributed by atoms with Crippen LogP contribution in [0, 0.1) is 0 Å². The molecule has 0 aromatic heterocycles. The maximum Gasteiger partial charge on any atom is 0.416 e. The van der Waals surface area contributed by atoms with Gasteiger partial charge in [0.15, 0.2) is 4.32 Å². The molecule has 2 heterocycles. The summed E-state index contributed by atoms with van der Waals surface area (Å²) in [5.41, 5.74) is -0.664. The number of carbonyl (C=O) groups excluding carboxylic acids is 2. The number of nitrogens with one attached hydrogen (secondary N) is 2. The number of hydrogen-bond donors (Lipinski definition) is 3. The summed E-state index contributed by atoms with van der Waals surface area (Å²) in [6, 6.07) is 5.25. The molecule has 0 radical (unpaired) electrons. The van der Waals surface area contributed by atoms with E-state index in [0.29, 0.717) is 45.0 Å². The molecule has 2 aromatic rings. The third-order valence-corrected chi connectivity index (χ3v) is 7.92. The first kappa shape index (κ1) is 35.1. The minimum Gasteiger partial charge on any atom is -0.492 e. The predicted molar refractivity (Wildman–Crippen MR) is 158 cm³/mol. The van der Waals surface area contributed by atoms with Crippen molar-refractivity contribution in [3.63, 3.8) is 0 Å². The molecule has 0 atom stereocenters. The number of hydrazine groups is 1. The van der Waals surface area contributed by atoms with Crippen LogP contribution >= 0.6 is 24.0 Å². The fraction of sp³-hybridized carbons (Fsp3) is 0.357. The fourth-order valence-corrected chi connectivity index (χ4v) is 5.54. The largest absolute Gasteiger partial charge is 0.492 e. The number of carboxylic acid groups (broad SMARTS) is 1. The molecule has 2 amide bonds. The van der Waals surface area contributed by atoms with E-state index in [9.17, 15) is 40.7 Å². The van der Waals surface area contributed by atoms with Gasteiger partial charge in [0.2, 0.25) is 5.91 Å². The van der Waals surface area contributed by atoms with Crippen molar-refractivity contribution in [2.24, 2.45) is 0 Å². The Morgan fingerprint density at radius 3 is 2.26 bits per heavy atom. The Morgan fingerprint density at radius 2 is 1.65 bits per heavy atom. The van der Waals surface area contributed by atoms with E-state index in [-0.39, 0.29) is 44.3 Å². The molecule has 2 saturated heterocycles. The van der Waals surface area contributed by atoms with Crippen LogP contribution in [0.2, 0.25) is 0 Å². The van der Waals surface area contributed by atoms with Gasteiger partial charge in [-0.2, -0.15) is 26.3 Å². The molecule has 0 unspecified atom stereocenters. The third-order valence-electron chi connectivity index (χ3n) is 6.61. The summed E-state index contributed by atoms with van der Waals surface area (Å²) in [5, 5.41) is 11.7. The lowest BCUT2D eigenvalue weighted by Gasteiger charge is -2.26. The van der Waals surface area contributed by atoms with E-state index in [1.165, 1.54) is 24.3 Å². The topological polar surface area (TPSA) is 120 Å². The van der Waals surface area contributed by atoms with Crippen LogP contribution in [0.1, 0.15) is 16.7 Å². The molecule has 248 valence electrons. The molecule has 2 aromatic carbocycles. The van der Waals surface area contributed by atoms with Gasteiger partial charge in [-0.05, 0) is 47.5 Å². The summed E-state index contributed by atoms with van der Waals surface area (Å²) < 4.78 is 92.5. The number of thiocarbonyl (C=S) groups is 1. The van der Waals surface area contributed by atoms with Crippen molar-refractivity contribution in [3.8, 4) is 16.9 Å². The Labute approximate surface area is 267 Å². The van der Waals surface area contributed by atoms with Crippen molar-refractivity contribution in [1.29, 1.82) is 0 Å². The molecule has 0 bridgehead atoms. The Bertz CT molecular complexity index is 1500. The van der Waals surface area contributed by atoms with Crippen LogP contribution in [0.3, 0.4) is 0 Å². The van der Waals surface area contributed by atoms with Crippen LogP contribution in [0.25, 0.3) is 17.2 Å². The summed E-state index contributed by atoms with van der Waals surface area (Å²) in [6.45, 7) is 2.00. The average Bonchev–Trinajstić information content (AvgIpc) is 3.26. The minimum absolute atomic E-state index is 0.00733. The zero-order valence-corrected chi connectivity index (χ0v) is 25.3. The number of benzene rings is 2. The van der Waals surface area contributed by atoms with E-state index in [1.54, 1.807) is 0 Å². The van der Waals surface area contributed by atoms with Gasteiger partial charge in [-0.1, -0.05) is 30.0 Å². The number of thioether (sulfide) groups is 1. The van der Waals surface area contributed by atoms with Crippen LogP contribution in [-0.4, -0.2) is 89.7 Å². The number of rotatable bonds is 11. The van der Waals surface area contributed by atoms with Gasteiger partial charge in [0.05, 0.1) is 35.8 Å². The molecule has 46 heavy (non-hydrogen) atoms. The van der Waals surface area contributed by atoms with Gasteiger partial charge in [-0.15, -0.1) is 0 Å². The number of halogens is 6. The maximum atomic E-state index is 13.5. The van der Waals surface area contributed by atoms with Crippen molar-refractivity contribution in [2.45, 2.75) is 12.4 Å². The van der Waals surface area contributed by atoms with Crippen molar-refractivity contribution >= 4 is 52.2 Å². The van der Waals surface area contributed by atoms with E-state index < -0.39 is 54.4 Å². The second-order valence-corrected chi connectivity index (χ2v) is 11.5. The van der Waals surface area contributed by atoms with Crippen LogP contribution < -0.4 is 15.5 Å². The molecule has 18 heteroatoms. The van der Waals surface area contributed by atoms with E-state index >= 15 is 0 Å². The van der Waals surface area contributed by atoms with Gasteiger partial charge in [0, 0.05) is 25.2 Å². The number of carbonyl (C=O) groups is 3. The molecule has 3 N–H and O–H groups in total. The Balaban J connectivity index is 1.65. The second-order valence-electron chi connectivity index (χ2n) is 9.87. The van der Waals surface area contributed by atoms with Gasteiger partial charge in [0.1, 0.15) is 18.9 Å². The molecule has 2 aliphatic heterocycles. The molecule has 2 fully saturated rings. The standard InChI is InChI=1S/C28H26F6N4O6S2/c29-27(30,31)19-10-17(11-20(13-19)28(32,33)34)16-1-2-21(44-8-5-37-3-6-43-7-4-37)18(9-16)12-22-25(42)38(26(45)46-22)36-14-23(39)35-15-24(40)41/h1-2,9-13,36H,3-8,14-15H2,(H,35,39)(H,40,41). The quantitative estimate of drug-likeness (QED) is 0.181. The van der Waals surface area contributed by atoms with Crippen LogP contribution in [0.15, 0.2) is 41.3 Å². The first-order chi connectivity index (χ1) is 21.6. The number of ether oxygens (including phenoxy) is 2. The summed E-state index contributed by atoms with van der Waals surface area (Å²) >= 11 is 6.04. The second kappa shape index (κ2) is 14.8. The summed E-state index contributed by atoms with van der Waals surface area (Å²) in [5.74, 6) is -2.51. The summed E-state index contributed by atoms with van der Waals surface area (Å²) in [7, 11) is 0. The molecule has 0 spiro atoms. The highest BCUT2D eigenvalue weighted by molar-refractivity contribution is 8.26. The Morgan fingerprint density at radius 1 is 1.00 bits per heavy atom. The van der Waals surface area contributed by atoms with E-state index in [1.807, 2.05) is 0 Å². The monoisotopic (exact) mass is 692 g/mol. The number of nitrogens with zero attached hydrogens (tertiary/aromatic N) is 2. The van der Waals surface area contributed by atoms with Crippen molar-refractivity contribution in [3.05, 3.63) is 58.0 Å². The maximum absolute atomic E-state index is 13.5. The smallest absolute Gasteiger partial charge is 0.416 e. The zero-order valence-electron chi connectivity index (χ0n) is 23.7. The van der Waals surface area contributed by atoms with Gasteiger partial charge in [-0.3, -0.25) is 19.3 Å². The number of morpholine rings is 1. The van der Waals surface area contributed by atoms with Gasteiger partial charge in [0.25, 0.3) is 5.91 Å². The summed E-state index contributed by atoms with van der Waals surface area (Å²) in [4.78, 5) is 37.8. The highest BCUT2D eigenvalue weighted by Crippen LogP contribution is 2.40. The average molecular weight is 693 g/mol. The Hall–Kier alpha value is -3.71. The van der Waals surface area contributed by atoms with Crippen LogP contribution in [-0.2, 0) is 31.5 Å². The number of amides is 2. The van der Waals surface area contributed by atoms with Crippen LogP contribution in [0.4, 0.5) is 26.3 Å². The first-order valence-corrected chi connectivity index (χ1v) is 14.7. The first-order valence-electron chi connectivity index (χ1n) is 13.5. The fourth-order valence-electron chi connectivity index (χ4n) is 4.34. The lowest BCUT2D eigenvalue weighted by Crippen LogP contribution is -2.47. The highest BCUT2D eigenvalue weighted by atomic mass is 32.2. The van der Waals surface area contributed by atoms with Crippen LogP contribution in [0.5, 0.6) is 5.75 Å². The van der Waals surface area contributed by atoms with E-state index in [0.717, 1.165) is 16.8 Å². The summed E-state index contributed by atoms with van der Waals surface area (Å²) in [6.07, 6.45) is -8.77. The molecule has 0 saturated carbocycles. The molecular weight excluding hydrogens is 666 g/mol. The molecule has 4 rings (SSSR count). The van der Waals surface area contributed by atoms with Crippen molar-refractivity contribution < 1.29 is 55.3 Å². The lowest BCUT2D eigenvalue weighted by molar-refractivity contribution is -0.143. The molecule has 0 aliphatic carbocycles. The number of carboxylic acids is 1. The number of hydrogen-bond acceptors (Lipinski definition) is 9. The van der Waals surface area contributed by atoms with Gasteiger partial charge < -0.3 is 19.9 Å². The van der Waals surface area contributed by atoms with Crippen molar-refractivity contribution in [2.75, 3.05) is 52.5 Å². The number of alkyl halides is 6. The molecule has 10 nitrogen and oxygen atoms in total. The van der Waals surface area contributed by atoms with Gasteiger partial charge in [-0.25, -0.2) is 10.4 Å².